The Balaban J connectivity index is 2.02. The summed E-state index contributed by atoms with van der Waals surface area (Å²) >= 11 is 0. The summed E-state index contributed by atoms with van der Waals surface area (Å²) in [5.74, 6) is 0.246. The molecule has 0 aliphatic carbocycles. The fourth-order valence-corrected chi connectivity index (χ4v) is 3.43. The summed E-state index contributed by atoms with van der Waals surface area (Å²) in [4.78, 5) is 26.3. The maximum atomic E-state index is 12.9. The van der Waals surface area contributed by atoms with Crippen LogP contribution >= 0.6 is 0 Å². The first-order valence-corrected chi connectivity index (χ1v) is 10.2. The zero-order valence-electron chi connectivity index (χ0n) is 18.0. The zero-order chi connectivity index (χ0) is 21.7. The maximum absolute atomic E-state index is 12.9. The van der Waals surface area contributed by atoms with E-state index in [-0.39, 0.29) is 18.4 Å². The number of carbonyl (C=O) groups is 2. The summed E-state index contributed by atoms with van der Waals surface area (Å²) < 4.78 is 1.76. The van der Waals surface area contributed by atoms with Crippen molar-refractivity contribution in [3.63, 3.8) is 0 Å². The summed E-state index contributed by atoms with van der Waals surface area (Å²) in [5.41, 5.74) is 4.66. The van der Waals surface area contributed by atoms with Gasteiger partial charge in [-0.3, -0.25) is 9.59 Å². The van der Waals surface area contributed by atoms with E-state index >= 15 is 0 Å². The van der Waals surface area contributed by atoms with Crippen LogP contribution in [0.25, 0.3) is 16.8 Å². The summed E-state index contributed by atoms with van der Waals surface area (Å²) in [7, 11) is 0. The fourth-order valence-electron chi connectivity index (χ4n) is 3.43. The standard InChI is InChI=1S/C24H28N4O2/c1-5-15-27(19(4)29)16-22(30)25-24-23(20-9-7-6-8-10-20)18(3)26-28(24)21-13-11-17(2)12-14-21/h6-14H,5,15-16H2,1-4H3,(H,25,30). The topological polar surface area (TPSA) is 67.2 Å². The molecule has 0 aliphatic rings. The second-order valence-electron chi connectivity index (χ2n) is 7.41. The molecule has 6 nitrogen and oxygen atoms in total. The first kappa shape index (κ1) is 21.3. The lowest BCUT2D eigenvalue weighted by atomic mass is 10.1. The number of aryl methyl sites for hydroxylation is 2. The van der Waals surface area contributed by atoms with Gasteiger partial charge in [-0.2, -0.15) is 5.10 Å². The highest BCUT2D eigenvalue weighted by molar-refractivity contribution is 5.97. The third kappa shape index (κ3) is 4.76. The van der Waals surface area contributed by atoms with Crippen molar-refractivity contribution < 1.29 is 9.59 Å². The lowest BCUT2D eigenvalue weighted by Gasteiger charge is -2.20. The molecule has 0 bridgehead atoms. The van der Waals surface area contributed by atoms with Gasteiger partial charge in [0.2, 0.25) is 11.8 Å². The SMILES string of the molecule is CCCN(CC(=O)Nc1c(-c2ccccc2)c(C)nn1-c1ccc(C)cc1)C(C)=O. The molecule has 1 aromatic heterocycles. The van der Waals surface area contributed by atoms with E-state index in [2.05, 4.69) is 5.32 Å². The van der Waals surface area contributed by atoms with E-state index < -0.39 is 0 Å². The average Bonchev–Trinajstić information content (AvgIpc) is 3.04. The lowest BCUT2D eigenvalue weighted by Crippen LogP contribution is -2.37. The van der Waals surface area contributed by atoms with Crippen molar-refractivity contribution in [1.29, 1.82) is 0 Å². The van der Waals surface area contributed by atoms with Gasteiger partial charge >= 0.3 is 0 Å². The Kier molecular flexibility index (Phi) is 6.67. The van der Waals surface area contributed by atoms with E-state index in [0.717, 1.165) is 34.5 Å². The van der Waals surface area contributed by atoms with Crippen molar-refractivity contribution in [2.75, 3.05) is 18.4 Å². The average molecular weight is 405 g/mol. The van der Waals surface area contributed by atoms with Gasteiger partial charge in [0.25, 0.3) is 0 Å². The highest BCUT2D eigenvalue weighted by atomic mass is 16.2. The van der Waals surface area contributed by atoms with Crippen molar-refractivity contribution in [2.24, 2.45) is 0 Å². The van der Waals surface area contributed by atoms with Crippen molar-refractivity contribution in [3.05, 3.63) is 65.9 Å². The Morgan fingerprint density at radius 3 is 2.30 bits per heavy atom. The molecule has 0 spiro atoms. The molecule has 3 aromatic rings. The maximum Gasteiger partial charge on any atom is 0.245 e. The van der Waals surface area contributed by atoms with Crippen LogP contribution in [0, 0.1) is 13.8 Å². The van der Waals surface area contributed by atoms with E-state index in [4.69, 9.17) is 5.10 Å². The predicted molar refractivity (Wildman–Crippen MR) is 120 cm³/mol. The minimum absolute atomic E-state index is 0.00945. The first-order valence-electron chi connectivity index (χ1n) is 10.2. The summed E-state index contributed by atoms with van der Waals surface area (Å²) in [6.07, 6.45) is 0.794. The molecule has 1 heterocycles. The monoisotopic (exact) mass is 404 g/mol. The first-order chi connectivity index (χ1) is 14.4. The van der Waals surface area contributed by atoms with Crippen molar-refractivity contribution >= 4 is 17.6 Å². The third-order valence-corrected chi connectivity index (χ3v) is 4.93. The minimum atomic E-state index is -0.246. The van der Waals surface area contributed by atoms with Gasteiger partial charge in [0.15, 0.2) is 0 Å². The molecule has 156 valence electrons. The van der Waals surface area contributed by atoms with Crippen LogP contribution in [-0.2, 0) is 9.59 Å². The van der Waals surface area contributed by atoms with Crippen LogP contribution in [0.5, 0.6) is 0 Å². The van der Waals surface area contributed by atoms with Gasteiger partial charge < -0.3 is 10.2 Å². The van der Waals surface area contributed by atoms with E-state index in [1.165, 1.54) is 6.92 Å². The summed E-state index contributed by atoms with van der Waals surface area (Å²) in [6, 6.07) is 17.9. The van der Waals surface area contributed by atoms with Crippen molar-refractivity contribution in [3.8, 4) is 16.8 Å². The van der Waals surface area contributed by atoms with E-state index in [0.29, 0.717) is 12.4 Å². The van der Waals surface area contributed by atoms with Crippen LogP contribution < -0.4 is 5.32 Å². The van der Waals surface area contributed by atoms with Crippen LogP contribution in [-0.4, -0.2) is 39.6 Å². The number of rotatable bonds is 7. The Morgan fingerprint density at radius 2 is 1.70 bits per heavy atom. The van der Waals surface area contributed by atoms with Gasteiger partial charge in [0.1, 0.15) is 5.82 Å². The van der Waals surface area contributed by atoms with Gasteiger partial charge in [-0.15, -0.1) is 0 Å². The summed E-state index contributed by atoms with van der Waals surface area (Å²) in [5, 5.41) is 7.73. The molecular formula is C24H28N4O2. The van der Waals surface area contributed by atoms with Crippen molar-refractivity contribution in [1.82, 2.24) is 14.7 Å². The number of nitrogens with one attached hydrogen (secondary N) is 1. The molecule has 0 radical (unpaired) electrons. The molecule has 6 heteroatoms. The third-order valence-electron chi connectivity index (χ3n) is 4.93. The van der Waals surface area contributed by atoms with Crippen LogP contribution in [0.15, 0.2) is 54.6 Å². The normalized spacial score (nSPS) is 10.7. The second kappa shape index (κ2) is 9.39. The minimum Gasteiger partial charge on any atom is -0.334 e. The van der Waals surface area contributed by atoms with Gasteiger partial charge in [0.05, 0.1) is 17.9 Å². The molecule has 30 heavy (non-hydrogen) atoms. The molecule has 3 rings (SSSR count). The highest BCUT2D eigenvalue weighted by Gasteiger charge is 2.21. The molecule has 1 N–H and O–H groups in total. The number of anilines is 1. The quantitative estimate of drug-likeness (QED) is 0.636. The van der Waals surface area contributed by atoms with Crippen LogP contribution in [0.2, 0.25) is 0 Å². The summed E-state index contributed by atoms with van der Waals surface area (Å²) in [6.45, 7) is 7.98. The molecular weight excluding hydrogens is 376 g/mol. The number of hydrogen-bond donors (Lipinski definition) is 1. The van der Waals surface area contributed by atoms with Crippen molar-refractivity contribution in [2.45, 2.75) is 34.1 Å². The molecule has 0 saturated carbocycles. The molecule has 0 aliphatic heterocycles. The molecule has 2 amide bonds. The van der Waals surface area contributed by atoms with Gasteiger partial charge in [-0.1, -0.05) is 55.0 Å². The molecule has 0 unspecified atom stereocenters. The number of aromatic nitrogens is 2. The zero-order valence-corrected chi connectivity index (χ0v) is 18.0. The largest absolute Gasteiger partial charge is 0.334 e. The number of nitrogens with zero attached hydrogens (tertiary/aromatic N) is 3. The number of benzene rings is 2. The fraction of sp³-hybridized carbons (Fsp3) is 0.292. The number of amides is 2. The van der Waals surface area contributed by atoms with Crippen LogP contribution in [0.1, 0.15) is 31.5 Å². The van der Waals surface area contributed by atoms with E-state index in [1.54, 1.807) is 9.58 Å². The molecule has 0 atom stereocenters. The van der Waals surface area contributed by atoms with Crippen LogP contribution in [0.4, 0.5) is 5.82 Å². The van der Waals surface area contributed by atoms with E-state index in [1.807, 2.05) is 75.4 Å². The van der Waals surface area contributed by atoms with Gasteiger partial charge in [-0.05, 0) is 38.0 Å². The Morgan fingerprint density at radius 1 is 1.03 bits per heavy atom. The Hall–Kier alpha value is -3.41. The Labute approximate surface area is 177 Å². The second-order valence-corrected chi connectivity index (χ2v) is 7.41. The highest BCUT2D eigenvalue weighted by Crippen LogP contribution is 2.33. The number of carbonyl (C=O) groups excluding carboxylic acids is 2. The Bertz CT molecular complexity index is 1020. The number of hydrogen-bond acceptors (Lipinski definition) is 3. The molecule has 2 aromatic carbocycles. The van der Waals surface area contributed by atoms with Gasteiger partial charge in [-0.25, -0.2) is 4.68 Å². The van der Waals surface area contributed by atoms with E-state index in [9.17, 15) is 9.59 Å². The molecule has 0 saturated heterocycles. The lowest BCUT2D eigenvalue weighted by molar-refractivity contribution is -0.132. The van der Waals surface area contributed by atoms with Crippen LogP contribution in [0.3, 0.4) is 0 Å². The predicted octanol–water partition coefficient (Wildman–Crippen LogP) is 4.35. The smallest absolute Gasteiger partial charge is 0.245 e. The van der Waals surface area contributed by atoms with Gasteiger partial charge in [0, 0.05) is 19.0 Å². The molecule has 0 fully saturated rings.